The van der Waals surface area contributed by atoms with E-state index in [-0.39, 0.29) is 12.3 Å². The molecule has 5 nitrogen and oxygen atoms in total. The van der Waals surface area contributed by atoms with E-state index in [4.69, 9.17) is 9.84 Å². The standard InChI is InChI=1S/C16H21NO4/c1-16(2,3)21-15(20)14-11(9-13(18)19)8-10-6-4-5-7-12(10)17-14/h4-7,11,14,17H,8-9H2,1-3H3,(H,18,19)/t11?,14-/m0/s1. The highest BCUT2D eigenvalue weighted by atomic mass is 16.6. The zero-order chi connectivity index (χ0) is 15.6. The average Bonchev–Trinajstić information content (AvgIpc) is 2.35. The number of benzene rings is 1. The van der Waals surface area contributed by atoms with Gasteiger partial charge in [0.1, 0.15) is 11.6 Å². The molecule has 21 heavy (non-hydrogen) atoms. The smallest absolute Gasteiger partial charge is 0.329 e. The highest BCUT2D eigenvalue weighted by Crippen LogP contribution is 2.31. The van der Waals surface area contributed by atoms with E-state index in [1.807, 2.05) is 24.3 Å². The van der Waals surface area contributed by atoms with Crippen molar-refractivity contribution >= 4 is 17.6 Å². The zero-order valence-corrected chi connectivity index (χ0v) is 12.6. The summed E-state index contributed by atoms with van der Waals surface area (Å²) in [5.41, 5.74) is 1.31. The lowest BCUT2D eigenvalue weighted by atomic mass is 9.85. The first-order valence-corrected chi connectivity index (χ1v) is 7.05. The van der Waals surface area contributed by atoms with Crippen molar-refractivity contribution < 1.29 is 19.4 Å². The quantitative estimate of drug-likeness (QED) is 0.837. The first-order valence-electron chi connectivity index (χ1n) is 7.05. The van der Waals surface area contributed by atoms with Gasteiger partial charge in [-0.3, -0.25) is 4.79 Å². The SMILES string of the molecule is CC(C)(C)OC(=O)[C@H]1Nc2ccccc2CC1CC(=O)O. The number of para-hydroxylation sites is 1. The Morgan fingerprint density at radius 3 is 2.62 bits per heavy atom. The molecule has 1 unspecified atom stereocenters. The number of carbonyl (C=O) groups is 2. The molecule has 0 spiro atoms. The molecular formula is C16H21NO4. The van der Waals surface area contributed by atoms with Gasteiger partial charge in [0.05, 0.1) is 6.42 Å². The van der Waals surface area contributed by atoms with Crippen LogP contribution in [0.4, 0.5) is 5.69 Å². The molecule has 1 aliphatic rings. The molecule has 0 saturated heterocycles. The van der Waals surface area contributed by atoms with E-state index in [0.29, 0.717) is 6.42 Å². The van der Waals surface area contributed by atoms with Crippen LogP contribution in [0.25, 0.3) is 0 Å². The van der Waals surface area contributed by atoms with Crippen molar-refractivity contribution in [1.82, 2.24) is 0 Å². The van der Waals surface area contributed by atoms with Gasteiger partial charge < -0.3 is 15.2 Å². The number of aliphatic carboxylic acids is 1. The molecule has 1 aliphatic heterocycles. The number of hydrogen-bond donors (Lipinski definition) is 2. The van der Waals surface area contributed by atoms with E-state index in [1.165, 1.54) is 0 Å². The van der Waals surface area contributed by atoms with Gasteiger partial charge in [0, 0.05) is 11.6 Å². The number of ether oxygens (including phenoxy) is 1. The van der Waals surface area contributed by atoms with Gasteiger partial charge in [-0.2, -0.15) is 0 Å². The van der Waals surface area contributed by atoms with Gasteiger partial charge in [0.25, 0.3) is 0 Å². The van der Waals surface area contributed by atoms with Crippen LogP contribution in [-0.4, -0.2) is 28.7 Å². The summed E-state index contributed by atoms with van der Waals surface area (Å²) in [5, 5.41) is 12.2. The fourth-order valence-corrected chi connectivity index (χ4v) is 2.56. The molecule has 0 radical (unpaired) electrons. The Balaban J connectivity index is 2.24. The minimum absolute atomic E-state index is 0.0642. The lowest BCUT2D eigenvalue weighted by Gasteiger charge is -2.34. The van der Waals surface area contributed by atoms with Crippen LogP contribution in [-0.2, 0) is 20.7 Å². The van der Waals surface area contributed by atoms with Crippen LogP contribution in [0.3, 0.4) is 0 Å². The highest BCUT2D eigenvalue weighted by molar-refractivity contribution is 5.82. The van der Waals surface area contributed by atoms with Crippen molar-refractivity contribution in [3.63, 3.8) is 0 Å². The fraction of sp³-hybridized carbons (Fsp3) is 0.500. The van der Waals surface area contributed by atoms with Gasteiger partial charge in [-0.05, 0) is 38.8 Å². The Bertz CT molecular complexity index is 547. The number of anilines is 1. The summed E-state index contributed by atoms with van der Waals surface area (Å²) in [5.74, 6) is -1.62. The van der Waals surface area contributed by atoms with Gasteiger partial charge in [0.15, 0.2) is 0 Å². The Morgan fingerprint density at radius 1 is 1.33 bits per heavy atom. The number of esters is 1. The number of rotatable bonds is 3. The lowest BCUT2D eigenvalue weighted by molar-refractivity contribution is -0.157. The van der Waals surface area contributed by atoms with E-state index in [0.717, 1.165) is 11.3 Å². The minimum atomic E-state index is -0.908. The molecule has 0 fully saturated rings. The summed E-state index contributed by atoms with van der Waals surface area (Å²) in [6.07, 6.45) is 0.491. The van der Waals surface area contributed by atoms with Gasteiger partial charge in [-0.1, -0.05) is 18.2 Å². The Morgan fingerprint density at radius 2 is 2.00 bits per heavy atom. The van der Waals surface area contributed by atoms with E-state index in [2.05, 4.69) is 5.32 Å². The molecule has 5 heteroatoms. The molecule has 114 valence electrons. The Labute approximate surface area is 124 Å². The second-order valence-corrected chi connectivity index (χ2v) is 6.37. The van der Waals surface area contributed by atoms with Crippen molar-refractivity contribution in [2.24, 2.45) is 5.92 Å². The first-order chi connectivity index (χ1) is 9.76. The zero-order valence-electron chi connectivity index (χ0n) is 12.6. The molecule has 2 rings (SSSR count). The van der Waals surface area contributed by atoms with Crippen LogP contribution in [0, 0.1) is 5.92 Å². The van der Waals surface area contributed by atoms with Gasteiger partial charge in [-0.25, -0.2) is 4.79 Å². The molecule has 2 N–H and O–H groups in total. The third-order valence-electron chi connectivity index (χ3n) is 3.38. The summed E-state index contributed by atoms with van der Waals surface area (Å²) in [6, 6.07) is 7.00. The minimum Gasteiger partial charge on any atom is -0.481 e. The van der Waals surface area contributed by atoms with Crippen LogP contribution in [0.1, 0.15) is 32.8 Å². The largest absolute Gasteiger partial charge is 0.481 e. The predicted molar refractivity (Wildman–Crippen MR) is 79.1 cm³/mol. The van der Waals surface area contributed by atoms with Crippen LogP contribution in [0.2, 0.25) is 0 Å². The van der Waals surface area contributed by atoms with E-state index < -0.39 is 23.6 Å². The highest BCUT2D eigenvalue weighted by Gasteiger charge is 2.37. The van der Waals surface area contributed by atoms with Gasteiger partial charge >= 0.3 is 11.9 Å². The third-order valence-corrected chi connectivity index (χ3v) is 3.38. The Hall–Kier alpha value is -2.04. The maximum absolute atomic E-state index is 12.3. The van der Waals surface area contributed by atoms with Crippen LogP contribution in [0.5, 0.6) is 0 Å². The number of carboxylic acid groups (broad SMARTS) is 1. The summed E-state index contributed by atoms with van der Waals surface area (Å²) < 4.78 is 5.41. The van der Waals surface area contributed by atoms with Crippen LogP contribution in [0.15, 0.2) is 24.3 Å². The normalized spacial score (nSPS) is 21.1. The van der Waals surface area contributed by atoms with Crippen molar-refractivity contribution in [3.8, 4) is 0 Å². The topological polar surface area (TPSA) is 75.6 Å². The van der Waals surface area contributed by atoms with Crippen molar-refractivity contribution in [2.75, 3.05) is 5.32 Å². The van der Waals surface area contributed by atoms with E-state index >= 15 is 0 Å². The van der Waals surface area contributed by atoms with Crippen LogP contribution >= 0.6 is 0 Å². The summed E-state index contributed by atoms with van der Waals surface area (Å²) in [7, 11) is 0. The summed E-state index contributed by atoms with van der Waals surface area (Å²) in [4.78, 5) is 23.4. The number of carbonyl (C=O) groups excluding carboxylic acids is 1. The van der Waals surface area contributed by atoms with Gasteiger partial charge in [0.2, 0.25) is 0 Å². The number of nitrogens with one attached hydrogen (secondary N) is 1. The maximum Gasteiger partial charge on any atom is 0.329 e. The third kappa shape index (κ3) is 3.97. The second kappa shape index (κ2) is 5.76. The summed E-state index contributed by atoms with van der Waals surface area (Å²) in [6.45, 7) is 5.40. The Kier molecular flexibility index (Phi) is 4.21. The van der Waals surface area contributed by atoms with Crippen molar-refractivity contribution in [3.05, 3.63) is 29.8 Å². The molecule has 1 aromatic carbocycles. The molecule has 0 aliphatic carbocycles. The predicted octanol–water partition coefficient (Wildman–Crippen LogP) is 2.46. The lowest BCUT2D eigenvalue weighted by Crippen LogP contribution is -2.45. The maximum atomic E-state index is 12.3. The van der Waals surface area contributed by atoms with Crippen LogP contribution < -0.4 is 5.32 Å². The summed E-state index contributed by atoms with van der Waals surface area (Å²) >= 11 is 0. The molecule has 0 bridgehead atoms. The molecule has 1 aromatic rings. The molecule has 2 atom stereocenters. The fourth-order valence-electron chi connectivity index (χ4n) is 2.56. The average molecular weight is 291 g/mol. The second-order valence-electron chi connectivity index (χ2n) is 6.37. The van der Waals surface area contributed by atoms with E-state index in [9.17, 15) is 9.59 Å². The van der Waals surface area contributed by atoms with Crippen molar-refractivity contribution in [1.29, 1.82) is 0 Å². The number of fused-ring (bicyclic) bond motifs is 1. The first kappa shape index (κ1) is 15.4. The molecule has 0 aromatic heterocycles. The number of hydrogen-bond acceptors (Lipinski definition) is 4. The molecule has 0 saturated carbocycles. The van der Waals surface area contributed by atoms with Gasteiger partial charge in [-0.15, -0.1) is 0 Å². The monoisotopic (exact) mass is 291 g/mol. The molecular weight excluding hydrogens is 270 g/mol. The van der Waals surface area contributed by atoms with E-state index in [1.54, 1.807) is 20.8 Å². The number of carboxylic acids is 1. The molecule has 1 heterocycles. The molecule has 0 amide bonds. The van der Waals surface area contributed by atoms with Crippen molar-refractivity contribution in [2.45, 2.75) is 45.3 Å².